The average molecular weight is 325 g/mol. The number of H-pyrrole nitrogens is 1. The van der Waals surface area contributed by atoms with Gasteiger partial charge in [0.2, 0.25) is 5.56 Å². The summed E-state index contributed by atoms with van der Waals surface area (Å²) in [5.41, 5.74) is 2.77. The van der Waals surface area contributed by atoms with E-state index in [0.29, 0.717) is 12.1 Å². The molecule has 0 bridgehead atoms. The zero-order valence-corrected chi connectivity index (χ0v) is 13.9. The third kappa shape index (κ3) is 3.74. The van der Waals surface area contributed by atoms with Crippen LogP contribution in [0.2, 0.25) is 0 Å². The highest BCUT2D eigenvalue weighted by Crippen LogP contribution is 2.26. The zero-order valence-electron chi connectivity index (χ0n) is 13.9. The first-order valence-electron chi connectivity index (χ1n) is 8.41. The molecule has 3 rings (SSSR count). The maximum atomic E-state index is 12.3. The van der Waals surface area contributed by atoms with Gasteiger partial charge in [-0.25, -0.2) is 0 Å². The highest BCUT2D eigenvalue weighted by Gasteiger charge is 2.25. The number of likely N-dealkylation sites (tertiary alicyclic amines) is 1. The normalized spacial score (nSPS) is 16.0. The van der Waals surface area contributed by atoms with E-state index in [1.165, 1.54) is 36.2 Å². The molecule has 1 saturated heterocycles. The van der Waals surface area contributed by atoms with Crippen molar-refractivity contribution in [2.24, 2.45) is 0 Å². The summed E-state index contributed by atoms with van der Waals surface area (Å²) in [6, 6.07) is 11.4. The summed E-state index contributed by atoms with van der Waals surface area (Å²) in [6.45, 7) is 4.80. The van der Waals surface area contributed by atoms with Crippen LogP contribution >= 0.6 is 0 Å². The van der Waals surface area contributed by atoms with Crippen molar-refractivity contribution in [3.63, 3.8) is 0 Å². The number of pyridine rings is 1. The second-order valence-electron chi connectivity index (χ2n) is 6.27. The topological polar surface area (TPSA) is 65.2 Å². The molecule has 0 saturated carbocycles. The molecule has 5 heteroatoms. The van der Waals surface area contributed by atoms with Gasteiger partial charge in [0, 0.05) is 18.8 Å². The standard InChI is InChI=1S/C19H23N3O2/c1-14-6-2-3-7-16(14)17(22-10-4-5-11-22)13-21-19(24)15-8-9-18(23)20-12-15/h2-3,6-9,12,17H,4-5,10-11,13H2,1H3,(H,20,23)(H,21,24). The molecule has 1 aliphatic heterocycles. The molecule has 0 spiro atoms. The molecule has 2 N–H and O–H groups in total. The number of benzene rings is 1. The largest absolute Gasteiger partial charge is 0.350 e. The van der Waals surface area contributed by atoms with Crippen LogP contribution in [0.5, 0.6) is 0 Å². The van der Waals surface area contributed by atoms with Gasteiger partial charge in [-0.15, -0.1) is 0 Å². The summed E-state index contributed by atoms with van der Waals surface area (Å²) in [4.78, 5) is 28.4. The Morgan fingerprint density at radius 2 is 1.96 bits per heavy atom. The Labute approximate surface area is 141 Å². The quantitative estimate of drug-likeness (QED) is 0.886. The van der Waals surface area contributed by atoms with E-state index >= 15 is 0 Å². The van der Waals surface area contributed by atoms with Crippen LogP contribution in [0, 0.1) is 6.92 Å². The second-order valence-corrected chi connectivity index (χ2v) is 6.27. The third-order valence-corrected chi connectivity index (χ3v) is 4.63. The Kier molecular flexibility index (Phi) is 5.11. The second kappa shape index (κ2) is 7.45. The molecular formula is C19H23N3O2. The fourth-order valence-electron chi connectivity index (χ4n) is 3.29. The summed E-state index contributed by atoms with van der Waals surface area (Å²) in [7, 11) is 0. The number of rotatable bonds is 5. The fourth-order valence-corrected chi connectivity index (χ4v) is 3.29. The first kappa shape index (κ1) is 16.5. The van der Waals surface area contributed by atoms with Crippen molar-refractivity contribution in [1.29, 1.82) is 0 Å². The highest BCUT2D eigenvalue weighted by atomic mass is 16.1. The predicted octanol–water partition coefficient (Wildman–Crippen LogP) is 2.25. The van der Waals surface area contributed by atoms with E-state index < -0.39 is 0 Å². The number of aromatic amines is 1. The molecule has 0 radical (unpaired) electrons. The maximum Gasteiger partial charge on any atom is 0.252 e. The van der Waals surface area contributed by atoms with E-state index in [1.54, 1.807) is 6.07 Å². The smallest absolute Gasteiger partial charge is 0.252 e. The van der Waals surface area contributed by atoms with E-state index in [4.69, 9.17) is 0 Å². The molecular weight excluding hydrogens is 302 g/mol. The number of nitrogens with one attached hydrogen (secondary N) is 2. The van der Waals surface area contributed by atoms with Crippen LogP contribution < -0.4 is 10.9 Å². The van der Waals surface area contributed by atoms with Gasteiger partial charge in [0.1, 0.15) is 0 Å². The Morgan fingerprint density at radius 3 is 2.62 bits per heavy atom. The third-order valence-electron chi connectivity index (χ3n) is 4.63. The van der Waals surface area contributed by atoms with E-state index in [2.05, 4.69) is 40.3 Å². The summed E-state index contributed by atoms with van der Waals surface area (Å²) >= 11 is 0. The molecule has 24 heavy (non-hydrogen) atoms. The van der Waals surface area contributed by atoms with Crippen molar-refractivity contribution in [3.8, 4) is 0 Å². The number of hydrogen-bond donors (Lipinski definition) is 2. The lowest BCUT2D eigenvalue weighted by Gasteiger charge is -2.29. The fraction of sp³-hybridized carbons (Fsp3) is 0.368. The lowest BCUT2D eigenvalue weighted by atomic mass is 10.00. The minimum Gasteiger partial charge on any atom is -0.350 e. The van der Waals surface area contributed by atoms with Gasteiger partial charge in [0.15, 0.2) is 0 Å². The van der Waals surface area contributed by atoms with Crippen LogP contribution in [-0.2, 0) is 0 Å². The van der Waals surface area contributed by atoms with Gasteiger partial charge in [0.05, 0.1) is 11.6 Å². The van der Waals surface area contributed by atoms with Crippen molar-refractivity contribution >= 4 is 5.91 Å². The maximum absolute atomic E-state index is 12.3. The van der Waals surface area contributed by atoms with Gasteiger partial charge >= 0.3 is 0 Å². The average Bonchev–Trinajstić information content (AvgIpc) is 3.11. The first-order chi connectivity index (χ1) is 11.6. The van der Waals surface area contributed by atoms with Crippen molar-refractivity contribution in [1.82, 2.24) is 15.2 Å². The SMILES string of the molecule is Cc1ccccc1C(CNC(=O)c1ccc(=O)[nH]c1)N1CCCC1. The molecule has 1 aliphatic rings. The minimum atomic E-state index is -0.207. The predicted molar refractivity (Wildman–Crippen MR) is 94.1 cm³/mol. The summed E-state index contributed by atoms with van der Waals surface area (Å²) in [6.07, 6.45) is 3.86. The molecule has 1 unspecified atom stereocenters. The zero-order chi connectivity index (χ0) is 16.9. The molecule has 1 aromatic carbocycles. The lowest BCUT2D eigenvalue weighted by Crippen LogP contribution is -2.37. The van der Waals surface area contributed by atoms with Crippen molar-refractivity contribution in [3.05, 3.63) is 69.6 Å². The van der Waals surface area contributed by atoms with Crippen LogP contribution in [0.15, 0.2) is 47.4 Å². The van der Waals surface area contributed by atoms with Crippen molar-refractivity contribution in [2.45, 2.75) is 25.8 Å². The van der Waals surface area contributed by atoms with Crippen molar-refractivity contribution in [2.75, 3.05) is 19.6 Å². The Balaban J connectivity index is 1.74. The lowest BCUT2D eigenvalue weighted by molar-refractivity contribution is 0.0937. The Bertz CT molecular complexity index is 743. The summed E-state index contributed by atoms with van der Waals surface area (Å²) < 4.78 is 0. The number of aromatic nitrogens is 1. The first-order valence-corrected chi connectivity index (χ1v) is 8.41. The van der Waals surface area contributed by atoms with E-state index in [-0.39, 0.29) is 17.5 Å². The molecule has 1 amide bonds. The van der Waals surface area contributed by atoms with Crippen molar-refractivity contribution < 1.29 is 4.79 Å². The molecule has 126 valence electrons. The van der Waals surface area contributed by atoms with Crippen LogP contribution in [0.1, 0.15) is 40.4 Å². The summed E-state index contributed by atoms with van der Waals surface area (Å²) in [5, 5.41) is 3.02. The van der Waals surface area contributed by atoms with Crippen LogP contribution in [0.25, 0.3) is 0 Å². The number of nitrogens with zero attached hydrogens (tertiary/aromatic N) is 1. The monoisotopic (exact) mass is 325 g/mol. The number of amides is 1. The van der Waals surface area contributed by atoms with E-state index in [0.717, 1.165) is 13.1 Å². The van der Waals surface area contributed by atoms with Gasteiger partial charge in [-0.1, -0.05) is 24.3 Å². The Hall–Kier alpha value is -2.40. The molecule has 1 aromatic heterocycles. The van der Waals surface area contributed by atoms with Gasteiger partial charge in [-0.05, 0) is 50.0 Å². The van der Waals surface area contributed by atoms with Crippen LogP contribution in [-0.4, -0.2) is 35.4 Å². The number of carbonyl (C=O) groups excluding carboxylic acids is 1. The number of carbonyl (C=O) groups is 1. The highest BCUT2D eigenvalue weighted by molar-refractivity contribution is 5.93. The van der Waals surface area contributed by atoms with Gasteiger partial charge < -0.3 is 10.3 Å². The Morgan fingerprint density at radius 1 is 1.21 bits per heavy atom. The van der Waals surface area contributed by atoms with Gasteiger partial charge in [-0.3, -0.25) is 14.5 Å². The molecule has 2 aromatic rings. The van der Waals surface area contributed by atoms with Gasteiger partial charge in [-0.2, -0.15) is 0 Å². The number of hydrogen-bond acceptors (Lipinski definition) is 3. The minimum absolute atomic E-state index is 0.163. The molecule has 5 nitrogen and oxygen atoms in total. The number of aryl methyl sites for hydroxylation is 1. The van der Waals surface area contributed by atoms with Crippen LogP contribution in [0.3, 0.4) is 0 Å². The summed E-state index contributed by atoms with van der Waals surface area (Å²) in [5.74, 6) is -0.163. The molecule has 2 heterocycles. The molecule has 0 aliphatic carbocycles. The van der Waals surface area contributed by atoms with E-state index in [1.807, 2.05) is 6.07 Å². The molecule has 1 fully saturated rings. The van der Waals surface area contributed by atoms with Gasteiger partial charge in [0.25, 0.3) is 5.91 Å². The molecule has 1 atom stereocenters. The van der Waals surface area contributed by atoms with Crippen LogP contribution in [0.4, 0.5) is 0 Å². The van der Waals surface area contributed by atoms with E-state index in [9.17, 15) is 9.59 Å².